The van der Waals surface area contributed by atoms with E-state index in [0.717, 1.165) is 25.9 Å². The minimum absolute atomic E-state index is 0.00819. The molecule has 6 nitrogen and oxygen atoms in total. The zero-order valence-corrected chi connectivity index (χ0v) is 10.4. The summed E-state index contributed by atoms with van der Waals surface area (Å²) in [7, 11) is 1.66. The van der Waals surface area contributed by atoms with Gasteiger partial charge in [-0.05, 0) is 25.9 Å². The molecule has 0 aromatic carbocycles. The maximum atomic E-state index is 11.5. The first-order valence-corrected chi connectivity index (χ1v) is 6.08. The molecule has 1 saturated heterocycles. The third kappa shape index (κ3) is 4.70. The molecule has 1 rings (SSSR count). The summed E-state index contributed by atoms with van der Waals surface area (Å²) in [5, 5.41) is 5.41. The Bertz CT molecular complexity index is 262. The van der Waals surface area contributed by atoms with E-state index >= 15 is 0 Å². The van der Waals surface area contributed by atoms with Crippen molar-refractivity contribution in [2.75, 3.05) is 39.8 Å². The molecule has 1 aliphatic rings. The van der Waals surface area contributed by atoms with Crippen LogP contribution in [-0.2, 0) is 9.59 Å². The number of nitrogens with zero attached hydrogens (tertiary/aromatic N) is 1. The van der Waals surface area contributed by atoms with Gasteiger partial charge in [-0.1, -0.05) is 0 Å². The van der Waals surface area contributed by atoms with Crippen LogP contribution in [0.4, 0.5) is 0 Å². The van der Waals surface area contributed by atoms with E-state index in [2.05, 4.69) is 15.5 Å². The lowest BCUT2D eigenvalue weighted by Gasteiger charge is -2.30. The largest absolute Gasteiger partial charge is 0.359 e. The minimum atomic E-state index is 0.00819. The Morgan fingerprint density at radius 2 is 2.00 bits per heavy atom. The topological polar surface area (TPSA) is 87.5 Å². The van der Waals surface area contributed by atoms with Crippen LogP contribution in [0.1, 0.15) is 12.8 Å². The third-order valence-corrected chi connectivity index (χ3v) is 3.04. The van der Waals surface area contributed by atoms with E-state index in [1.54, 1.807) is 7.05 Å². The number of carbonyl (C=O) groups is 2. The van der Waals surface area contributed by atoms with Crippen LogP contribution in [-0.4, -0.2) is 56.5 Å². The summed E-state index contributed by atoms with van der Waals surface area (Å²) in [5.74, 6) is 0.217. The molecular formula is C11H22N4O2. The van der Waals surface area contributed by atoms with Gasteiger partial charge in [0, 0.05) is 26.1 Å². The second-order valence-corrected chi connectivity index (χ2v) is 4.30. The standard InChI is InChI=1S/C11H22N4O2/c1-13-11(17)9-2-6-15(7-3-9)8-10(16)14-5-4-12/h9H,2-8,12H2,1H3,(H,13,17)(H,14,16). The quantitative estimate of drug-likeness (QED) is 0.548. The SMILES string of the molecule is CNC(=O)C1CCN(CC(=O)NCCN)CC1. The Morgan fingerprint density at radius 1 is 1.35 bits per heavy atom. The van der Waals surface area contributed by atoms with Gasteiger partial charge in [-0.25, -0.2) is 0 Å². The fraction of sp³-hybridized carbons (Fsp3) is 0.818. The molecule has 0 unspecified atom stereocenters. The van der Waals surface area contributed by atoms with Crippen molar-refractivity contribution in [2.24, 2.45) is 11.7 Å². The van der Waals surface area contributed by atoms with E-state index in [9.17, 15) is 9.59 Å². The summed E-state index contributed by atoms with van der Waals surface area (Å²) in [6.07, 6.45) is 1.65. The third-order valence-electron chi connectivity index (χ3n) is 3.04. The van der Waals surface area contributed by atoms with E-state index in [-0.39, 0.29) is 17.7 Å². The van der Waals surface area contributed by atoms with Crippen LogP contribution in [0.2, 0.25) is 0 Å². The van der Waals surface area contributed by atoms with Gasteiger partial charge in [0.25, 0.3) is 0 Å². The molecule has 0 aromatic rings. The number of nitrogens with two attached hydrogens (primary N) is 1. The van der Waals surface area contributed by atoms with Crippen molar-refractivity contribution in [3.05, 3.63) is 0 Å². The van der Waals surface area contributed by atoms with E-state index in [4.69, 9.17) is 5.73 Å². The first-order chi connectivity index (χ1) is 8.17. The molecule has 0 aliphatic carbocycles. The predicted molar refractivity (Wildman–Crippen MR) is 65.3 cm³/mol. The molecule has 98 valence electrons. The molecular weight excluding hydrogens is 220 g/mol. The molecule has 0 spiro atoms. The van der Waals surface area contributed by atoms with Crippen LogP contribution < -0.4 is 16.4 Å². The van der Waals surface area contributed by atoms with Gasteiger partial charge in [0.1, 0.15) is 0 Å². The summed E-state index contributed by atoms with van der Waals surface area (Å²) in [6, 6.07) is 0. The van der Waals surface area contributed by atoms with Crippen LogP contribution in [0.15, 0.2) is 0 Å². The van der Waals surface area contributed by atoms with Crippen LogP contribution in [0.5, 0.6) is 0 Å². The van der Waals surface area contributed by atoms with Crippen molar-refractivity contribution in [3.8, 4) is 0 Å². The predicted octanol–water partition coefficient (Wildman–Crippen LogP) is -1.48. The van der Waals surface area contributed by atoms with E-state index in [0.29, 0.717) is 19.6 Å². The smallest absolute Gasteiger partial charge is 0.234 e. The monoisotopic (exact) mass is 242 g/mol. The van der Waals surface area contributed by atoms with E-state index in [1.165, 1.54) is 0 Å². The minimum Gasteiger partial charge on any atom is -0.359 e. The highest BCUT2D eigenvalue weighted by atomic mass is 16.2. The fourth-order valence-corrected chi connectivity index (χ4v) is 2.03. The van der Waals surface area contributed by atoms with Crippen LogP contribution in [0.25, 0.3) is 0 Å². The number of rotatable bonds is 5. The normalized spacial score (nSPS) is 17.8. The molecule has 0 radical (unpaired) electrons. The highest BCUT2D eigenvalue weighted by Gasteiger charge is 2.24. The van der Waals surface area contributed by atoms with Gasteiger partial charge in [0.15, 0.2) is 0 Å². The number of likely N-dealkylation sites (tertiary alicyclic amines) is 1. The summed E-state index contributed by atoms with van der Waals surface area (Å²) in [5.41, 5.74) is 5.30. The molecule has 0 atom stereocenters. The van der Waals surface area contributed by atoms with Gasteiger partial charge in [-0.3, -0.25) is 14.5 Å². The Labute approximate surface area is 102 Å². The van der Waals surface area contributed by atoms with Gasteiger partial charge < -0.3 is 16.4 Å². The highest BCUT2D eigenvalue weighted by Crippen LogP contribution is 2.16. The van der Waals surface area contributed by atoms with Gasteiger partial charge in [-0.15, -0.1) is 0 Å². The molecule has 17 heavy (non-hydrogen) atoms. The number of carbonyl (C=O) groups excluding carboxylic acids is 2. The summed E-state index contributed by atoms with van der Waals surface area (Å²) in [4.78, 5) is 24.9. The molecule has 0 bridgehead atoms. The maximum absolute atomic E-state index is 11.5. The Hall–Kier alpha value is -1.14. The number of hydrogen-bond acceptors (Lipinski definition) is 4. The highest BCUT2D eigenvalue weighted by molar-refractivity contribution is 5.79. The molecule has 1 heterocycles. The average Bonchev–Trinajstić information content (AvgIpc) is 2.36. The number of piperidine rings is 1. The van der Waals surface area contributed by atoms with E-state index < -0.39 is 0 Å². The van der Waals surface area contributed by atoms with Crippen molar-refractivity contribution >= 4 is 11.8 Å². The molecule has 6 heteroatoms. The molecule has 0 saturated carbocycles. The number of nitrogens with one attached hydrogen (secondary N) is 2. The lowest BCUT2D eigenvalue weighted by atomic mass is 9.96. The second-order valence-electron chi connectivity index (χ2n) is 4.30. The Kier molecular flexibility index (Phi) is 5.93. The second kappa shape index (κ2) is 7.24. The first kappa shape index (κ1) is 13.9. The summed E-state index contributed by atoms with van der Waals surface area (Å²) in [6.45, 7) is 2.99. The van der Waals surface area contributed by atoms with Gasteiger partial charge >= 0.3 is 0 Å². The molecule has 0 aromatic heterocycles. The zero-order chi connectivity index (χ0) is 12.7. The van der Waals surface area contributed by atoms with Crippen molar-refractivity contribution in [3.63, 3.8) is 0 Å². The maximum Gasteiger partial charge on any atom is 0.234 e. The van der Waals surface area contributed by atoms with E-state index in [1.807, 2.05) is 0 Å². The van der Waals surface area contributed by atoms with Crippen molar-refractivity contribution < 1.29 is 9.59 Å². The molecule has 2 amide bonds. The molecule has 4 N–H and O–H groups in total. The number of hydrogen-bond donors (Lipinski definition) is 3. The lowest BCUT2D eigenvalue weighted by molar-refractivity contribution is -0.126. The molecule has 1 fully saturated rings. The molecule has 1 aliphatic heterocycles. The fourth-order valence-electron chi connectivity index (χ4n) is 2.03. The van der Waals surface area contributed by atoms with Gasteiger partial charge in [0.2, 0.25) is 11.8 Å². The lowest BCUT2D eigenvalue weighted by Crippen LogP contribution is -2.44. The average molecular weight is 242 g/mol. The zero-order valence-electron chi connectivity index (χ0n) is 10.4. The van der Waals surface area contributed by atoms with Crippen LogP contribution >= 0.6 is 0 Å². The number of amides is 2. The Morgan fingerprint density at radius 3 is 2.53 bits per heavy atom. The van der Waals surface area contributed by atoms with Crippen LogP contribution in [0, 0.1) is 5.92 Å². The Balaban J connectivity index is 2.23. The van der Waals surface area contributed by atoms with Crippen LogP contribution in [0.3, 0.4) is 0 Å². The van der Waals surface area contributed by atoms with Crippen molar-refractivity contribution in [1.29, 1.82) is 0 Å². The van der Waals surface area contributed by atoms with Crippen molar-refractivity contribution in [2.45, 2.75) is 12.8 Å². The van der Waals surface area contributed by atoms with Crippen molar-refractivity contribution in [1.82, 2.24) is 15.5 Å². The first-order valence-electron chi connectivity index (χ1n) is 6.08. The van der Waals surface area contributed by atoms with Gasteiger partial charge in [0.05, 0.1) is 6.54 Å². The summed E-state index contributed by atoms with van der Waals surface area (Å²) < 4.78 is 0. The van der Waals surface area contributed by atoms with Gasteiger partial charge in [-0.2, -0.15) is 0 Å². The summed E-state index contributed by atoms with van der Waals surface area (Å²) >= 11 is 0.